The van der Waals surface area contributed by atoms with E-state index in [0.717, 1.165) is 0 Å². The molecule has 8 heteroatoms. The largest absolute Gasteiger partial charge is 0.469 e. The zero-order chi connectivity index (χ0) is 16.8. The second-order valence-electron chi connectivity index (χ2n) is 4.91. The Morgan fingerprint density at radius 3 is 2.74 bits per heavy atom. The van der Waals surface area contributed by atoms with E-state index in [1.807, 2.05) is 0 Å². The number of carbonyl (C=O) groups excluding carboxylic acids is 3. The van der Waals surface area contributed by atoms with Crippen LogP contribution in [0.5, 0.6) is 0 Å². The van der Waals surface area contributed by atoms with Gasteiger partial charge in [-0.05, 0) is 24.4 Å². The summed E-state index contributed by atoms with van der Waals surface area (Å²) in [7, 11) is 1.25. The van der Waals surface area contributed by atoms with Crippen LogP contribution in [-0.2, 0) is 14.3 Å². The van der Waals surface area contributed by atoms with Crippen molar-refractivity contribution in [1.82, 2.24) is 15.5 Å². The number of hydrogen-bond acceptors (Lipinski definition) is 5. The summed E-state index contributed by atoms with van der Waals surface area (Å²) in [6, 6.07) is 7.81. The molecule has 1 heterocycles. The lowest BCUT2D eigenvalue weighted by Crippen LogP contribution is -2.60. The number of piperazine rings is 1. The highest BCUT2D eigenvalue weighted by atomic mass is 32.1. The molecule has 7 nitrogen and oxygen atoms in total. The van der Waals surface area contributed by atoms with Crippen LogP contribution in [-0.4, -0.2) is 54.0 Å². The molecule has 1 aliphatic heterocycles. The Hall–Kier alpha value is -2.48. The van der Waals surface area contributed by atoms with Crippen LogP contribution in [0.3, 0.4) is 0 Å². The monoisotopic (exact) mass is 335 g/mol. The SMILES string of the molecule is COC(=O)C[C@@H]1C(=O)NCCN1C(=S)NC(=O)c1ccccc1. The van der Waals surface area contributed by atoms with Gasteiger partial charge in [0.15, 0.2) is 5.11 Å². The van der Waals surface area contributed by atoms with Gasteiger partial charge in [-0.1, -0.05) is 18.2 Å². The van der Waals surface area contributed by atoms with Crippen LogP contribution in [0, 0.1) is 0 Å². The van der Waals surface area contributed by atoms with Crippen LogP contribution in [0.25, 0.3) is 0 Å². The molecular weight excluding hydrogens is 318 g/mol. The summed E-state index contributed by atoms with van der Waals surface area (Å²) >= 11 is 5.23. The summed E-state index contributed by atoms with van der Waals surface area (Å²) in [5, 5.41) is 5.38. The van der Waals surface area contributed by atoms with Crippen molar-refractivity contribution in [3.8, 4) is 0 Å². The van der Waals surface area contributed by atoms with E-state index in [0.29, 0.717) is 18.7 Å². The lowest BCUT2D eigenvalue weighted by Gasteiger charge is -2.36. The minimum atomic E-state index is -0.792. The fourth-order valence-corrected chi connectivity index (χ4v) is 2.54. The molecule has 0 bridgehead atoms. The third-order valence-electron chi connectivity index (χ3n) is 3.44. The summed E-state index contributed by atoms with van der Waals surface area (Å²) in [4.78, 5) is 37.1. The molecule has 1 aromatic rings. The first-order chi connectivity index (χ1) is 11.0. The van der Waals surface area contributed by atoms with Crippen molar-refractivity contribution in [3.63, 3.8) is 0 Å². The van der Waals surface area contributed by atoms with Gasteiger partial charge in [0.25, 0.3) is 5.91 Å². The third-order valence-corrected chi connectivity index (χ3v) is 3.77. The van der Waals surface area contributed by atoms with E-state index in [1.165, 1.54) is 12.0 Å². The molecule has 0 saturated carbocycles. The number of benzene rings is 1. The highest BCUT2D eigenvalue weighted by Gasteiger charge is 2.34. The number of carbonyl (C=O) groups is 3. The number of nitrogens with one attached hydrogen (secondary N) is 2. The Morgan fingerprint density at radius 1 is 1.39 bits per heavy atom. The molecule has 1 atom stereocenters. The van der Waals surface area contributed by atoms with E-state index in [2.05, 4.69) is 15.4 Å². The van der Waals surface area contributed by atoms with Gasteiger partial charge in [0.1, 0.15) is 6.04 Å². The van der Waals surface area contributed by atoms with E-state index in [9.17, 15) is 14.4 Å². The zero-order valence-electron chi connectivity index (χ0n) is 12.6. The topological polar surface area (TPSA) is 87.7 Å². The Kier molecular flexibility index (Phi) is 5.64. The van der Waals surface area contributed by atoms with Crippen LogP contribution in [0.1, 0.15) is 16.8 Å². The van der Waals surface area contributed by atoms with Crippen molar-refractivity contribution >= 4 is 35.1 Å². The van der Waals surface area contributed by atoms with Gasteiger partial charge in [-0.2, -0.15) is 0 Å². The number of hydrogen-bond donors (Lipinski definition) is 2. The molecule has 1 fully saturated rings. The molecule has 0 aliphatic carbocycles. The fraction of sp³-hybridized carbons (Fsp3) is 0.333. The van der Waals surface area contributed by atoms with Gasteiger partial charge in [-0.25, -0.2) is 0 Å². The van der Waals surface area contributed by atoms with E-state index in [-0.39, 0.29) is 23.3 Å². The molecule has 0 radical (unpaired) electrons. The Balaban J connectivity index is 2.07. The molecule has 2 amide bonds. The predicted molar refractivity (Wildman–Crippen MR) is 86.6 cm³/mol. The maximum atomic E-state index is 12.1. The molecule has 23 heavy (non-hydrogen) atoms. The van der Waals surface area contributed by atoms with E-state index in [4.69, 9.17) is 12.2 Å². The Morgan fingerprint density at radius 2 is 2.09 bits per heavy atom. The molecule has 0 aromatic heterocycles. The number of esters is 1. The fourth-order valence-electron chi connectivity index (χ4n) is 2.23. The molecular formula is C15H17N3O4S. The Labute approximate surface area is 139 Å². The van der Waals surface area contributed by atoms with Crippen LogP contribution in [0.15, 0.2) is 30.3 Å². The summed E-state index contributed by atoms with van der Waals surface area (Å²) in [6.07, 6.45) is -0.135. The average Bonchev–Trinajstić information content (AvgIpc) is 2.57. The van der Waals surface area contributed by atoms with Crippen molar-refractivity contribution in [3.05, 3.63) is 35.9 Å². The molecule has 2 rings (SSSR count). The van der Waals surface area contributed by atoms with Crippen LogP contribution in [0.2, 0.25) is 0 Å². The lowest BCUT2D eigenvalue weighted by atomic mass is 10.1. The normalized spacial score (nSPS) is 17.2. The molecule has 0 unspecified atom stereocenters. The van der Waals surface area contributed by atoms with E-state index < -0.39 is 12.0 Å². The standard InChI is InChI=1S/C15H17N3O4S/c1-22-12(19)9-11-14(21)16-7-8-18(11)15(23)17-13(20)10-5-3-2-4-6-10/h2-6,11H,7-9H2,1H3,(H,16,21)(H,17,20,23)/t11-/m1/s1. The number of amides is 2. The first kappa shape index (κ1) is 16.9. The molecule has 122 valence electrons. The van der Waals surface area contributed by atoms with E-state index >= 15 is 0 Å². The minimum Gasteiger partial charge on any atom is -0.469 e. The molecule has 1 aliphatic rings. The van der Waals surface area contributed by atoms with Gasteiger partial charge in [0.05, 0.1) is 13.5 Å². The Bertz CT molecular complexity index is 620. The van der Waals surface area contributed by atoms with Gasteiger partial charge < -0.3 is 15.0 Å². The quantitative estimate of drug-likeness (QED) is 0.600. The van der Waals surface area contributed by atoms with Crippen LogP contribution < -0.4 is 10.6 Å². The minimum absolute atomic E-state index is 0.114. The second kappa shape index (κ2) is 7.68. The summed E-state index contributed by atoms with van der Waals surface area (Å²) in [5.41, 5.74) is 0.459. The summed E-state index contributed by atoms with van der Waals surface area (Å²) in [5.74, 6) is -1.20. The summed E-state index contributed by atoms with van der Waals surface area (Å²) < 4.78 is 4.60. The maximum Gasteiger partial charge on any atom is 0.308 e. The lowest BCUT2D eigenvalue weighted by molar-refractivity contribution is -0.144. The highest BCUT2D eigenvalue weighted by molar-refractivity contribution is 7.80. The number of ether oxygens (including phenoxy) is 1. The van der Waals surface area contributed by atoms with Crippen molar-refractivity contribution < 1.29 is 19.1 Å². The number of rotatable bonds is 3. The number of nitrogens with zero attached hydrogens (tertiary/aromatic N) is 1. The first-order valence-electron chi connectivity index (χ1n) is 7.04. The van der Waals surface area contributed by atoms with Gasteiger partial charge >= 0.3 is 5.97 Å². The first-order valence-corrected chi connectivity index (χ1v) is 7.45. The molecule has 1 saturated heterocycles. The smallest absolute Gasteiger partial charge is 0.308 e. The van der Waals surface area contributed by atoms with Crippen molar-refractivity contribution in [2.75, 3.05) is 20.2 Å². The van der Waals surface area contributed by atoms with E-state index in [1.54, 1.807) is 30.3 Å². The van der Waals surface area contributed by atoms with Crippen LogP contribution >= 0.6 is 12.2 Å². The predicted octanol–water partition coefficient (Wildman–Crippen LogP) is 0.0648. The van der Waals surface area contributed by atoms with Crippen molar-refractivity contribution in [2.45, 2.75) is 12.5 Å². The van der Waals surface area contributed by atoms with Gasteiger partial charge in [0.2, 0.25) is 5.91 Å². The average molecular weight is 335 g/mol. The molecule has 1 aromatic carbocycles. The number of methoxy groups -OCH3 is 1. The second-order valence-corrected chi connectivity index (χ2v) is 5.29. The highest BCUT2D eigenvalue weighted by Crippen LogP contribution is 2.11. The van der Waals surface area contributed by atoms with Crippen molar-refractivity contribution in [2.24, 2.45) is 0 Å². The summed E-state index contributed by atoms with van der Waals surface area (Å²) in [6.45, 7) is 0.791. The molecule has 0 spiro atoms. The van der Waals surface area contributed by atoms with Crippen molar-refractivity contribution in [1.29, 1.82) is 0 Å². The number of thiocarbonyl (C=S) groups is 1. The van der Waals surface area contributed by atoms with Gasteiger partial charge in [-0.3, -0.25) is 19.7 Å². The van der Waals surface area contributed by atoms with Gasteiger partial charge in [0, 0.05) is 18.7 Å². The zero-order valence-corrected chi connectivity index (χ0v) is 13.4. The maximum absolute atomic E-state index is 12.1. The van der Waals surface area contributed by atoms with Gasteiger partial charge in [-0.15, -0.1) is 0 Å². The third kappa shape index (κ3) is 4.26. The van der Waals surface area contributed by atoms with Crippen LogP contribution in [0.4, 0.5) is 0 Å². The molecule has 2 N–H and O–H groups in total.